The van der Waals surface area contributed by atoms with Crippen LogP contribution in [0, 0.1) is 0 Å². The molecule has 0 unspecified atom stereocenters. The molecule has 1 aliphatic carbocycles. The summed E-state index contributed by atoms with van der Waals surface area (Å²) in [6, 6.07) is 13.0. The van der Waals surface area contributed by atoms with Crippen LogP contribution in [0.3, 0.4) is 0 Å². The molecule has 4 heteroatoms. The SMILES string of the molecule is CN(C)[C@H]1C[C@@H](c2cc3c(cc2Cl)OCO3)c2ccccc21. The zero-order valence-corrected chi connectivity index (χ0v) is 13.4. The van der Waals surface area contributed by atoms with Gasteiger partial charge >= 0.3 is 0 Å². The maximum atomic E-state index is 6.53. The van der Waals surface area contributed by atoms with Crippen LogP contribution < -0.4 is 9.47 Å². The second kappa shape index (κ2) is 5.18. The minimum absolute atomic E-state index is 0.274. The van der Waals surface area contributed by atoms with Gasteiger partial charge in [-0.2, -0.15) is 0 Å². The van der Waals surface area contributed by atoms with Gasteiger partial charge in [0, 0.05) is 23.0 Å². The van der Waals surface area contributed by atoms with Crippen molar-refractivity contribution in [3.05, 3.63) is 58.1 Å². The van der Waals surface area contributed by atoms with E-state index in [1.54, 1.807) is 0 Å². The van der Waals surface area contributed by atoms with Gasteiger partial charge in [0.15, 0.2) is 11.5 Å². The summed E-state index contributed by atoms with van der Waals surface area (Å²) in [6.45, 7) is 0.274. The van der Waals surface area contributed by atoms with Crippen LogP contribution in [0.25, 0.3) is 0 Å². The van der Waals surface area contributed by atoms with Crippen LogP contribution in [0.1, 0.15) is 35.1 Å². The third-order valence-corrected chi connectivity index (χ3v) is 5.01. The quantitative estimate of drug-likeness (QED) is 0.828. The number of nitrogens with zero attached hydrogens (tertiary/aromatic N) is 1. The molecule has 0 spiro atoms. The molecule has 0 fully saturated rings. The van der Waals surface area contributed by atoms with E-state index in [2.05, 4.69) is 43.3 Å². The van der Waals surface area contributed by atoms with Crippen molar-refractivity contribution < 1.29 is 9.47 Å². The molecule has 114 valence electrons. The van der Waals surface area contributed by atoms with Gasteiger partial charge in [-0.25, -0.2) is 0 Å². The summed E-state index contributed by atoms with van der Waals surface area (Å²) in [5, 5.41) is 0.753. The number of ether oxygens (including phenoxy) is 2. The first-order valence-electron chi connectivity index (χ1n) is 7.49. The van der Waals surface area contributed by atoms with Gasteiger partial charge in [-0.1, -0.05) is 35.9 Å². The summed E-state index contributed by atoms with van der Waals surface area (Å²) in [6.07, 6.45) is 1.03. The lowest BCUT2D eigenvalue weighted by Crippen LogP contribution is -2.17. The largest absolute Gasteiger partial charge is 0.454 e. The highest BCUT2D eigenvalue weighted by Crippen LogP contribution is 2.49. The molecule has 1 aliphatic heterocycles. The van der Waals surface area contributed by atoms with E-state index < -0.39 is 0 Å². The minimum atomic E-state index is 0.274. The summed E-state index contributed by atoms with van der Waals surface area (Å²) < 4.78 is 10.9. The Bertz CT molecular complexity index is 729. The van der Waals surface area contributed by atoms with Crippen LogP contribution in [0.15, 0.2) is 36.4 Å². The first-order chi connectivity index (χ1) is 10.6. The lowest BCUT2D eigenvalue weighted by Gasteiger charge is -2.20. The van der Waals surface area contributed by atoms with Crippen LogP contribution in [-0.4, -0.2) is 25.8 Å². The van der Waals surface area contributed by atoms with Gasteiger partial charge in [0.1, 0.15) is 0 Å². The van der Waals surface area contributed by atoms with Crippen molar-refractivity contribution in [2.45, 2.75) is 18.4 Å². The molecule has 1 heterocycles. The zero-order chi connectivity index (χ0) is 15.3. The van der Waals surface area contributed by atoms with E-state index in [0.29, 0.717) is 12.0 Å². The molecule has 0 aromatic heterocycles. The van der Waals surface area contributed by atoms with Crippen molar-refractivity contribution in [3.63, 3.8) is 0 Å². The van der Waals surface area contributed by atoms with E-state index in [0.717, 1.165) is 28.5 Å². The fraction of sp³-hybridized carbons (Fsp3) is 0.333. The second-order valence-electron chi connectivity index (χ2n) is 6.12. The first-order valence-corrected chi connectivity index (χ1v) is 7.87. The number of hydrogen-bond acceptors (Lipinski definition) is 3. The van der Waals surface area contributed by atoms with Crippen LogP contribution in [0.4, 0.5) is 0 Å². The number of hydrogen-bond donors (Lipinski definition) is 0. The van der Waals surface area contributed by atoms with Gasteiger partial charge < -0.3 is 14.4 Å². The smallest absolute Gasteiger partial charge is 0.231 e. The van der Waals surface area contributed by atoms with E-state index in [4.69, 9.17) is 21.1 Å². The Morgan fingerprint density at radius 3 is 2.41 bits per heavy atom. The van der Waals surface area contributed by atoms with Gasteiger partial charge in [-0.05, 0) is 43.3 Å². The summed E-state index contributed by atoms with van der Waals surface area (Å²) in [5.74, 6) is 1.83. The fourth-order valence-corrected chi connectivity index (χ4v) is 3.88. The number of rotatable bonds is 2. The van der Waals surface area contributed by atoms with Crippen LogP contribution in [0.5, 0.6) is 11.5 Å². The molecule has 2 aliphatic rings. The molecule has 0 saturated carbocycles. The number of fused-ring (bicyclic) bond motifs is 2. The van der Waals surface area contributed by atoms with Gasteiger partial charge in [0.25, 0.3) is 0 Å². The summed E-state index contributed by atoms with van der Waals surface area (Å²) >= 11 is 6.53. The molecule has 0 saturated heterocycles. The Kier molecular flexibility index (Phi) is 3.28. The lowest BCUT2D eigenvalue weighted by molar-refractivity contribution is 0.174. The summed E-state index contributed by atoms with van der Waals surface area (Å²) in [5.41, 5.74) is 3.89. The van der Waals surface area contributed by atoms with E-state index >= 15 is 0 Å². The molecule has 4 rings (SSSR count). The topological polar surface area (TPSA) is 21.7 Å². The molecule has 0 bridgehead atoms. The second-order valence-corrected chi connectivity index (χ2v) is 6.53. The third kappa shape index (κ3) is 2.08. The van der Waals surface area contributed by atoms with Crippen LogP contribution >= 0.6 is 11.6 Å². The van der Waals surface area contributed by atoms with Crippen molar-refractivity contribution in [2.75, 3.05) is 20.9 Å². The number of halogens is 1. The van der Waals surface area contributed by atoms with E-state index in [-0.39, 0.29) is 6.79 Å². The summed E-state index contributed by atoms with van der Waals surface area (Å²) in [7, 11) is 4.26. The van der Waals surface area contributed by atoms with Gasteiger partial charge in [-0.3, -0.25) is 0 Å². The molecular weight excluding hydrogens is 298 g/mol. The van der Waals surface area contributed by atoms with Crippen LogP contribution in [0.2, 0.25) is 5.02 Å². The normalized spacial score (nSPS) is 22.2. The van der Waals surface area contributed by atoms with Gasteiger partial charge in [0.05, 0.1) is 0 Å². The van der Waals surface area contributed by atoms with E-state index in [9.17, 15) is 0 Å². The Balaban J connectivity index is 1.81. The molecular formula is C18H18ClNO2. The predicted molar refractivity (Wildman–Crippen MR) is 86.9 cm³/mol. The number of benzene rings is 2. The maximum Gasteiger partial charge on any atom is 0.231 e. The van der Waals surface area contributed by atoms with E-state index in [1.165, 1.54) is 11.1 Å². The third-order valence-electron chi connectivity index (χ3n) is 4.68. The molecule has 2 atom stereocenters. The van der Waals surface area contributed by atoms with Crippen molar-refractivity contribution in [2.24, 2.45) is 0 Å². The van der Waals surface area contributed by atoms with Crippen molar-refractivity contribution in [3.8, 4) is 11.5 Å². The standard InChI is InChI=1S/C18H18ClNO2/c1-20(2)16-7-13(11-5-3-4-6-12(11)16)14-8-17-18(9-15(14)19)22-10-21-17/h3-6,8-9,13,16H,7,10H2,1-2H3/t13-,16+/m1/s1. The molecule has 2 aromatic carbocycles. The maximum absolute atomic E-state index is 6.53. The predicted octanol–water partition coefficient (Wildman–Crippen LogP) is 4.21. The lowest BCUT2D eigenvalue weighted by atomic mass is 9.92. The summed E-state index contributed by atoms with van der Waals surface area (Å²) in [4.78, 5) is 2.28. The first kappa shape index (κ1) is 13.9. The van der Waals surface area contributed by atoms with E-state index in [1.807, 2.05) is 12.1 Å². The van der Waals surface area contributed by atoms with Crippen molar-refractivity contribution in [1.29, 1.82) is 0 Å². The molecule has 0 amide bonds. The van der Waals surface area contributed by atoms with Crippen molar-refractivity contribution in [1.82, 2.24) is 4.90 Å². The van der Waals surface area contributed by atoms with Crippen LogP contribution in [-0.2, 0) is 0 Å². The van der Waals surface area contributed by atoms with Gasteiger partial charge in [0.2, 0.25) is 6.79 Å². The molecule has 0 N–H and O–H groups in total. The Morgan fingerprint density at radius 1 is 1.00 bits per heavy atom. The highest BCUT2D eigenvalue weighted by atomic mass is 35.5. The molecule has 3 nitrogen and oxygen atoms in total. The minimum Gasteiger partial charge on any atom is -0.454 e. The zero-order valence-electron chi connectivity index (χ0n) is 12.7. The Labute approximate surface area is 135 Å². The highest BCUT2D eigenvalue weighted by molar-refractivity contribution is 6.31. The fourth-order valence-electron chi connectivity index (χ4n) is 3.59. The Hall–Kier alpha value is -1.71. The average molecular weight is 316 g/mol. The highest BCUT2D eigenvalue weighted by Gasteiger charge is 2.34. The molecule has 0 radical (unpaired) electrons. The molecule has 2 aromatic rings. The average Bonchev–Trinajstić information content (AvgIpc) is 3.10. The van der Waals surface area contributed by atoms with Gasteiger partial charge in [-0.15, -0.1) is 0 Å². The van der Waals surface area contributed by atoms with Crippen molar-refractivity contribution >= 4 is 11.6 Å². The molecule has 22 heavy (non-hydrogen) atoms. The Morgan fingerprint density at radius 2 is 1.68 bits per heavy atom. The monoisotopic (exact) mass is 315 g/mol.